The van der Waals surface area contributed by atoms with Gasteiger partial charge in [0.15, 0.2) is 17.2 Å². The predicted octanol–water partition coefficient (Wildman–Crippen LogP) is 2.37. The second kappa shape index (κ2) is 9.14. The summed E-state index contributed by atoms with van der Waals surface area (Å²) in [5.41, 5.74) is 7.80. The van der Waals surface area contributed by atoms with Gasteiger partial charge < -0.3 is 25.3 Å². The first-order chi connectivity index (χ1) is 16.9. The zero-order valence-electron chi connectivity index (χ0n) is 18.5. The van der Waals surface area contributed by atoms with Crippen molar-refractivity contribution in [3.63, 3.8) is 0 Å². The summed E-state index contributed by atoms with van der Waals surface area (Å²) in [6, 6.07) is 6.97. The van der Waals surface area contributed by atoms with E-state index in [-0.39, 0.29) is 41.4 Å². The topological polar surface area (TPSA) is 126 Å². The number of ether oxygens (including phenoxy) is 3. The van der Waals surface area contributed by atoms with Crippen LogP contribution in [0.15, 0.2) is 42.7 Å². The maximum absolute atomic E-state index is 14.4. The molecule has 3 N–H and O–H groups in total. The lowest BCUT2D eigenvalue weighted by atomic mass is 10.1. The Morgan fingerprint density at radius 1 is 1.26 bits per heavy atom. The Morgan fingerprint density at radius 3 is 2.83 bits per heavy atom. The monoisotopic (exact) mass is 482 g/mol. The molecule has 0 aliphatic carbocycles. The molecule has 0 bridgehead atoms. The zero-order chi connectivity index (χ0) is 24.5. The molecule has 4 aromatic rings. The Morgan fingerprint density at radius 2 is 2.09 bits per heavy atom. The van der Waals surface area contributed by atoms with Gasteiger partial charge >= 0.3 is 0 Å². The van der Waals surface area contributed by atoms with Crippen molar-refractivity contribution < 1.29 is 27.8 Å². The molecule has 180 valence electrons. The van der Waals surface area contributed by atoms with Gasteiger partial charge in [-0.1, -0.05) is 0 Å². The number of pyridine rings is 2. The smallest absolute Gasteiger partial charge is 0.257 e. The molecule has 1 saturated heterocycles. The zero-order valence-corrected chi connectivity index (χ0v) is 18.5. The van der Waals surface area contributed by atoms with E-state index < -0.39 is 17.5 Å². The first kappa shape index (κ1) is 22.5. The molecule has 1 aromatic carbocycles. The fourth-order valence-electron chi connectivity index (χ4n) is 3.61. The molecular weight excluding hydrogens is 462 g/mol. The van der Waals surface area contributed by atoms with E-state index in [2.05, 4.69) is 20.4 Å². The van der Waals surface area contributed by atoms with Crippen molar-refractivity contribution >= 4 is 17.5 Å². The largest absolute Gasteiger partial charge is 0.482 e. The molecule has 0 atom stereocenters. The maximum Gasteiger partial charge on any atom is 0.257 e. The molecule has 0 saturated carbocycles. The van der Waals surface area contributed by atoms with E-state index >= 15 is 0 Å². The number of nitrogens with zero attached hydrogens (tertiary/aromatic N) is 4. The third-order valence-electron chi connectivity index (χ3n) is 5.39. The number of carbonyl (C=O) groups is 1. The summed E-state index contributed by atoms with van der Waals surface area (Å²) in [4.78, 5) is 21.4. The van der Waals surface area contributed by atoms with Gasteiger partial charge in [0.25, 0.3) is 5.91 Å². The van der Waals surface area contributed by atoms with Gasteiger partial charge in [0.1, 0.15) is 17.5 Å². The number of benzene rings is 1. The molecule has 0 spiro atoms. The molecular formula is C23H20F2N6O4. The van der Waals surface area contributed by atoms with Crippen LogP contribution in [0.4, 0.5) is 14.7 Å². The molecule has 0 radical (unpaired) electrons. The van der Waals surface area contributed by atoms with E-state index in [1.807, 2.05) is 0 Å². The minimum absolute atomic E-state index is 0.0903. The summed E-state index contributed by atoms with van der Waals surface area (Å²) in [5, 5.41) is 6.69. The number of anilines is 1. The molecule has 3 aromatic heterocycles. The number of aromatic nitrogens is 4. The van der Waals surface area contributed by atoms with Crippen LogP contribution in [0.2, 0.25) is 0 Å². The van der Waals surface area contributed by atoms with E-state index in [1.54, 1.807) is 30.6 Å². The Kier molecular flexibility index (Phi) is 5.87. The minimum atomic E-state index is -0.855. The van der Waals surface area contributed by atoms with Crippen molar-refractivity contribution in [2.24, 2.45) is 0 Å². The second-order valence-corrected chi connectivity index (χ2v) is 7.80. The molecule has 1 aliphatic heterocycles. The van der Waals surface area contributed by atoms with Crippen molar-refractivity contribution in [3.05, 3.63) is 65.5 Å². The van der Waals surface area contributed by atoms with Crippen LogP contribution in [0.1, 0.15) is 15.9 Å². The fourth-order valence-corrected chi connectivity index (χ4v) is 3.61. The standard InChI is InChI=1S/C23H20F2N6O4/c1-33-22-17(5-13(8-28-22)12-2-3-31-19(6-12)29-23(26)30-31)21(32)27-9-14-4-15(24)7-18(25)20(14)35-16-10-34-11-16/h2-8,16H,9-11H2,1H3,(H2,26,30)(H,27,32). The third-order valence-corrected chi connectivity index (χ3v) is 5.39. The van der Waals surface area contributed by atoms with Gasteiger partial charge in [-0.3, -0.25) is 4.79 Å². The summed E-state index contributed by atoms with van der Waals surface area (Å²) in [7, 11) is 1.39. The van der Waals surface area contributed by atoms with Crippen LogP contribution < -0.4 is 20.5 Å². The predicted molar refractivity (Wildman–Crippen MR) is 120 cm³/mol. The van der Waals surface area contributed by atoms with Crippen LogP contribution in [0, 0.1) is 11.6 Å². The van der Waals surface area contributed by atoms with Crippen molar-refractivity contribution in [2.45, 2.75) is 12.6 Å². The number of rotatable bonds is 7. The highest BCUT2D eigenvalue weighted by molar-refractivity contribution is 5.97. The van der Waals surface area contributed by atoms with Gasteiger partial charge in [-0.2, -0.15) is 4.98 Å². The second-order valence-electron chi connectivity index (χ2n) is 7.80. The number of methoxy groups -OCH3 is 1. The molecule has 35 heavy (non-hydrogen) atoms. The summed E-state index contributed by atoms with van der Waals surface area (Å²) >= 11 is 0. The summed E-state index contributed by atoms with van der Waals surface area (Å²) in [6.45, 7) is 0.436. The summed E-state index contributed by atoms with van der Waals surface area (Å²) in [6.07, 6.45) is 2.91. The number of nitrogens with one attached hydrogen (secondary N) is 1. The Labute approximate surface area is 197 Å². The van der Waals surface area contributed by atoms with Gasteiger partial charge in [0.2, 0.25) is 11.8 Å². The van der Waals surface area contributed by atoms with Crippen LogP contribution >= 0.6 is 0 Å². The third kappa shape index (κ3) is 4.55. The molecule has 1 amide bonds. The van der Waals surface area contributed by atoms with E-state index in [0.29, 0.717) is 24.4 Å². The number of amides is 1. The van der Waals surface area contributed by atoms with Gasteiger partial charge in [-0.15, -0.1) is 5.10 Å². The SMILES string of the molecule is COc1ncc(-c2ccn3nc(N)nc3c2)cc1C(=O)NCc1cc(F)cc(F)c1OC1COC1. The van der Waals surface area contributed by atoms with Crippen molar-refractivity contribution in [3.8, 4) is 22.8 Å². The van der Waals surface area contributed by atoms with E-state index in [0.717, 1.165) is 17.7 Å². The maximum atomic E-state index is 14.4. The highest BCUT2D eigenvalue weighted by atomic mass is 19.1. The molecule has 0 unspecified atom stereocenters. The van der Waals surface area contributed by atoms with Gasteiger partial charge in [0.05, 0.1) is 20.3 Å². The highest BCUT2D eigenvalue weighted by Gasteiger charge is 2.24. The average molecular weight is 482 g/mol. The summed E-state index contributed by atoms with van der Waals surface area (Å²) in [5.74, 6) is -2.09. The normalized spacial score (nSPS) is 13.5. The van der Waals surface area contributed by atoms with Crippen LogP contribution in [0.5, 0.6) is 11.6 Å². The first-order valence-corrected chi connectivity index (χ1v) is 10.6. The van der Waals surface area contributed by atoms with Gasteiger partial charge in [-0.05, 0) is 29.8 Å². The summed E-state index contributed by atoms with van der Waals surface area (Å²) < 4.78 is 45.7. The lowest BCUT2D eigenvalue weighted by molar-refractivity contribution is -0.0812. The number of fused-ring (bicyclic) bond motifs is 1. The number of hydrogen-bond acceptors (Lipinski definition) is 8. The quantitative estimate of drug-likeness (QED) is 0.411. The Hall–Kier alpha value is -4.32. The number of carbonyl (C=O) groups excluding carboxylic acids is 1. The Bertz CT molecular complexity index is 1420. The van der Waals surface area contributed by atoms with Crippen LogP contribution in [-0.2, 0) is 11.3 Å². The van der Waals surface area contributed by atoms with Crippen LogP contribution in [0.25, 0.3) is 16.8 Å². The molecule has 10 nitrogen and oxygen atoms in total. The lowest BCUT2D eigenvalue weighted by Crippen LogP contribution is -2.39. The minimum Gasteiger partial charge on any atom is -0.482 e. The molecule has 1 fully saturated rings. The Balaban J connectivity index is 1.40. The number of nitrogens with two attached hydrogens (primary N) is 1. The highest BCUT2D eigenvalue weighted by Crippen LogP contribution is 2.28. The molecule has 5 rings (SSSR count). The molecule has 4 heterocycles. The first-order valence-electron chi connectivity index (χ1n) is 10.6. The van der Waals surface area contributed by atoms with Crippen molar-refractivity contribution in [1.82, 2.24) is 24.9 Å². The van der Waals surface area contributed by atoms with Gasteiger partial charge in [0, 0.05) is 36.1 Å². The lowest BCUT2D eigenvalue weighted by Gasteiger charge is -2.28. The van der Waals surface area contributed by atoms with E-state index in [4.69, 9.17) is 19.9 Å². The van der Waals surface area contributed by atoms with Crippen molar-refractivity contribution in [1.29, 1.82) is 0 Å². The van der Waals surface area contributed by atoms with E-state index in [1.165, 1.54) is 11.6 Å². The molecule has 1 aliphatic rings. The van der Waals surface area contributed by atoms with E-state index in [9.17, 15) is 13.6 Å². The number of halogens is 2. The van der Waals surface area contributed by atoms with Crippen LogP contribution in [0.3, 0.4) is 0 Å². The fraction of sp³-hybridized carbons (Fsp3) is 0.217. The average Bonchev–Trinajstić information content (AvgIpc) is 3.19. The van der Waals surface area contributed by atoms with Gasteiger partial charge in [-0.25, -0.2) is 18.3 Å². The number of hydrogen-bond donors (Lipinski definition) is 2. The number of nitrogen functional groups attached to an aromatic ring is 1. The van der Waals surface area contributed by atoms with Crippen molar-refractivity contribution in [2.75, 3.05) is 26.1 Å². The van der Waals surface area contributed by atoms with Crippen LogP contribution in [-0.4, -0.2) is 51.9 Å². The molecule has 12 heteroatoms.